The van der Waals surface area contributed by atoms with Gasteiger partial charge in [0.25, 0.3) is 0 Å². The number of benzene rings is 1. The Kier molecular flexibility index (Phi) is 3.32. The minimum absolute atomic E-state index is 0.666. The van der Waals surface area contributed by atoms with E-state index in [1.807, 2.05) is 37.3 Å². The molecule has 0 spiro atoms. The van der Waals surface area contributed by atoms with Gasteiger partial charge in [0.15, 0.2) is 0 Å². The number of nitrogens with one attached hydrogen (secondary N) is 1. The lowest BCUT2D eigenvalue weighted by atomic mass is 10.2. The van der Waals surface area contributed by atoms with Crippen LogP contribution < -0.4 is 5.32 Å². The second kappa shape index (κ2) is 4.90. The number of fused-ring (bicyclic) bond motifs is 1. The van der Waals surface area contributed by atoms with Crippen LogP contribution in [-0.4, -0.2) is 0 Å². The molecule has 1 aliphatic heterocycles. The third kappa shape index (κ3) is 2.58. The van der Waals surface area contributed by atoms with E-state index in [0.717, 1.165) is 22.6 Å². The van der Waals surface area contributed by atoms with Crippen LogP contribution in [0, 0.1) is 6.07 Å². The van der Waals surface area contributed by atoms with Crippen molar-refractivity contribution < 1.29 is 0 Å². The van der Waals surface area contributed by atoms with Crippen molar-refractivity contribution in [1.82, 2.24) is 0 Å². The first-order valence-corrected chi connectivity index (χ1v) is 5.62. The summed E-state index contributed by atoms with van der Waals surface area (Å²) in [5, 5.41) is 3.95. The average Bonchev–Trinajstić information content (AvgIpc) is 2.46. The van der Waals surface area contributed by atoms with Crippen molar-refractivity contribution in [2.24, 2.45) is 0 Å². The van der Waals surface area contributed by atoms with Crippen LogP contribution in [0.4, 0.5) is 11.4 Å². The molecule has 1 aliphatic rings. The van der Waals surface area contributed by atoms with E-state index in [9.17, 15) is 0 Å². The molecule has 0 saturated heterocycles. The molecule has 0 saturated carbocycles. The first kappa shape index (κ1) is 11.5. The normalized spacial score (nSPS) is 13.5. The quantitative estimate of drug-likeness (QED) is 0.742. The third-order valence-electron chi connectivity index (χ3n) is 2.38. The van der Waals surface area contributed by atoms with E-state index in [1.165, 1.54) is 0 Å². The Hall–Kier alpha value is -1.98. The lowest BCUT2D eigenvalue weighted by molar-refractivity contribution is 1.36. The first-order valence-electron chi connectivity index (χ1n) is 5.24. The summed E-state index contributed by atoms with van der Waals surface area (Å²) in [6.45, 7) is 5.62. The van der Waals surface area contributed by atoms with Gasteiger partial charge >= 0.3 is 11.8 Å². The highest BCUT2D eigenvalue weighted by molar-refractivity contribution is 6.31. The molecule has 0 atom stereocenters. The van der Waals surface area contributed by atoms with E-state index in [0.29, 0.717) is 5.02 Å². The number of allylic oxidation sites excluding steroid dienone is 5. The van der Waals surface area contributed by atoms with Crippen LogP contribution >= 0.6 is 11.6 Å². The number of nitrogens with zero attached hydrogens (tertiary/aromatic N) is 1. The van der Waals surface area contributed by atoms with Gasteiger partial charge in [0.2, 0.25) is 0 Å². The number of hydrogen-bond acceptors (Lipinski definition) is 1. The summed E-state index contributed by atoms with van der Waals surface area (Å²) in [5.41, 5.74) is 3.62. The Morgan fingerprint density at radius 1 is 1.47 bits per heavy atom. The smallest absolute Gasteiger partial charge is 0.351 e. The monoisotopic (exact) mass is 243 g/mol. The van der Waals surface area contributed by atoms with Crippen LogP contribution in [0.3, 0.4) is 0 Å². The molecule has 1 aromatic carbocycles. The summed E-state index contributed by atoms with van der Waals surface area (Å²) >= 11 is 5.93. The molecule has 84 valence electrons. The van der Waals surface area contributed by atoms with Gasteiger partial charge in [0, 0.05) is 10.7 Å². The predicted octanol–water partition coefficient (Wildman–Crippen LogP) is 4.75. The number of anilines is 1. The van der Waals surface area contributed by atoms with Crippen molar-refractivity contribution in [1.29, 1.82) is 0 Å². The van der Waals surface area contributed by atoms with E-state index in [2.05, 4.69) is 22.8 Å². The molecular formula is C14H12ClN2+. The number of rotatable bonds is 2. The lowest BCUT2D eigenvalue weighted by Gasteiger charge is -2.03. The molecule has 0 amide bonds. The van der Waals surface area contributed by atoms with Crippen LogP contribution in [0.5, 0.6) is 0 Å². The number of halogens is 1. The topological polar surface area (TPSA) is 16.4 Å². The molecule has 0 bridgehead atoms. The summed E-state index contributed by atoms with van der Waals surface area (Å²) in [6, 6.07) is 8.55. The van der Waals surface area contributed by atoms with Crippen molar-refractivity contribution in [3.63, 3.8) is 0 Å². The fourth-order valence-electron chi connectivity index (χ4n) is 1.50. The molecular weight excluding hydrogens is 232 g/mol. The van der Waals surface area contributed by atoms with E-state index < -0.39 is 0 Å². The first-order chi connectivity index (χ1) is 8.20. The molecule has 17 heavy (non-hydrogen) atoms. The maximum absolute atomic E-state index is 5.93. The van der Waals surface area contributed by atoms with Gasteiger partial charge in [-0.05, 0) is 30.0 Å². The molecule has 0 aromatic heterocycles. The Bertz CT molecular complexity index is 586. The van der Waals surface area contributed by atoms with Gasteiger partial charge in [-0.15, -0.1) is 0 Å². The SMILES string of the molecule is C=C/C=C\C1=C(C)Nc2ccc(Cl)cc2[N+]#C1. The highest BCUT2D eigenvalue weighted by Gasteiger charge is 2.17. The van der Waals surface area contributed by atoms with E-state index in [-0.39, 0.29) is 0 Å². The van der Waals surface area contributed by atoms with Crippen molar-refractivity contribution in [2.75, 3.05) is 5.32 Å². The fraction of sp³-hybridized carbons (Fsp3) is 0.0714. The molecule has 2 rings (SSSR count). The van der Waals surface area contributed by atoms with Gasteiger partial charge in [-0.25, -0.2) is 0 Å². The zero-order valence-corrected chi connectivity index (χ0v) is 10.3. The lowest BCUT2D eigenvalue weighted by Crippen LogP contribution is -1.97. The minimum atomic E-state index is 0.666. The van der Waals surface area contributed by atoms with Crippen LogP contribution in [0.25, 0.3) is 4.85 Å². The Morgan fingerprint density at radius 2 is 2.29 bits per heavy atom. The maximum atomic E-state index is 5.93. The second-order valence-corrected chi connectivity index (χ2v) is 4.08. The van der Waals surface area contributed by atoms with Gasteiger partial charge in [0.05, 0.1) is 6.07 Å². The van der Waals surface area contributed by atoms with Crippen molar-refractivity contribution >= 4 is 23.0 Å². The Balaban J connectivity index is 2.45. The molecule has 0 fully saturated rings. The van der Waals surface area contributed by atoms with E-state index in [1.54, 1.807) is 6.08 Å². The van der Waals surface area contributed by atoms with Gasteiger partial charge in [-0.1, -0.05) is 30.3 Å². The van der Waals surface area contributed by atoms with Gasteiger partial charge in [-0.3, -0.25) is 0 Å². The molecule has 0 unspecified atom stereocenters. The summed E-state index contributed by atoms with van der Waals surface area (Å²) in [5.74, 6) is 0. The summed E-state index contributed by atoms with van der Waals surface area (Å²) < 4.78 is 0. The highest BCUT2D eigenvalue weighted by Crippen LogP contribution is 2.31. The molecule has 2 nitrogen and oxygen atoms in total. The number of hydrogen-bond donors (Lipinski definition) is 1. The van der Waals surface area contributed by atoms with Crippen molar-refractivity contribution in [2.45, 2.75) is 6.92 Å². The zero-order chi connectivity index (χ0) is 12.3. The van der Waals surface area contributed by atoms with E-state index >= 15 is 0 Å². The fourth-order valence-corrected chi connectivity index (χ4v) is 1.67. The Labute approximate surface area is 106 Å². The summed E-state index contributed by atoms with van der Waals surface area (Å²) in [4.78, 5) is 4.29. The molecule has 0 radical (unpaired) electrons. The van der Waals surface area contributed by atoms with Gasteiger partial charge < -0.3 is 5.32 Å². The van der Waals surface area contributed by atoms with Crippen LogP contribution in [0.1, 0.15) is 6.92 Å². The van der Waals surface area contributed by atoms with Crippen LogP contribution in [-0.2, 0) is 0 Å². The van der Waals surface area contributed by atoms with Gasteiger partial charge in [-0.2, -0.15) is 0 Å². The molecule has 1 heterocycles. The highest BCUT2D eigenvalue weighted by atomic mass is 35.5. The largest absolute Gasteiger partial charge is 0.365 e. The maximum Gasteiger partial charge on any atom is 0.365 e. The zero-order valence-electron chi connectivity index (χ0n) is 9.50. The summed E-state index contributed by atoms with van der Waals surface area (Å²) in [6.07, 6.45) is 5.48. The van der Waals surface area contributed by atoms with Gasteiger partial charge in [0.1, 0.15) is 11.3 Å². The molecule has 1 N–H and O–H groups in total. The standard InChI is InChI=1S/C14H11ClN2/c1-3-4-5-11-9-16-14-8-12(15)6-7-13(14)17-10(11)2/h3-8H,1H2,2H3/p+1/b5-4-. The molecule has 0 aliphatic carbocycles. The van der Waals surface area contributed by atoms with Crippen molar-refractivity contribution in [3.05, 3.63) is 64.1 Å². The third-order valence-corrected chi connectivity index (χ3v) is 2.62. The van der Waals surface area contributed by atoms with Crippen LogP contribution in [0.15, 0.2) is 54.3 Å². The summed E-state index contributed by atoms with van der Waals surface area (Å²) in [7, 11) is 0. The van der Waals surface area contributed by atoms with Crippen molar-refractivity contribution in [3.8, 4) is 6.07 Å². The predicted molar refractivity (Wildman–Crippen MR) is 74.0 cm³/mol. The molecule has 3 heteroatoms. The van der Waals surface area contributed by atoms with Crippen LogP contribution in [0.2, 0.25) is 5.02 Å². The second-order valence-electron chi connectivity index (χ2n) is 3.64. The average molecular weight is 244 g/mol. The van der Waals surface area contributed by atoms with E-state index in [4.69, 9.17) is 11.6 Å². The Morgan fingerprint density at radius 3 is 3.06 bits per heavy atom. The molecule has 1 aromatic rings. The minimum Gasteiger partial charge on any atom is -0.351 e.